The number of benzene rings is 2. The highest BCUT2D eigenvalue weighted by molar-refractivity contribution is 9.11. The maximum Gasteiger partial charge on any atom is 0.217 e. The summed E-state index contributed by atoms with van der Waals surface area (Å²) in [5, 5.41) is 18.9. The fraction of sp³-hybridized carbons (Fsp3) is 0.0625. The van der Waals surface area contributed by atoms with E-state index < -0.39 is 14.7 Å². The first kappa shape index (κ1) is 18.5. The van der Waals surface area contributed by atoms with Crippen molar-refractivity contribution in [2.45, 2.75) is 4.90 Å². The van der Waals surface area contributed by atoms with E-state index in [0.29, 0.717) is 14.5 Å². The Hall–Kier alpha value is -1.82. The lowest BCUT2D eigenvalue weighted by Crippen LogP contribution is -2.04. The fourth-order valence-electron chi connectivity index (χ4n) is 1.91. The van der Waals surface area contributed by atoms with E-state index >= 15 is 0 Å². The van der Waals surface area contributed by atoms with E-state index in [0.717, 1.165) is 0 Å². The van der Waals surface area contributed by atoms with Crippen molar-refractivity contribution in [1.82, 2.24) is 0 Å². The molecule has 0 fully saturated rings. The van der Waals surface area contributed by atoms with Gasteiger partial charge in [0, 0.05) is 8.95 Å². The maximum atomic E-state index is 12.7. The van der Waals surface area contributed by atoms with Crippen molar-refractivity contribution >= 4 is 47.8 Å². The number of sulfone groups is 1. The average molecular weight is 473 g/mol. The molecule has 0 aliphatic carbocycles. The van der Waals surface area contributed by atoms with Crippen molar-refractivity contribution in [3.05, 3.63) is 55.8 Å². The van der Waals surface area contributed by atoms with Crippen LogP contribution in [0.2, 0.25) is 0 Å². The zero-order chi connectivity index (χ0) is 17.9. The lowest BCUT2D eigenvalue weighted by molar-refractivity contribution is 0.373. The number of hydrogen-bond acceptors (Lipinski definition) is 5. The molecule has 0 amide bonds. The SMILES string of the molecule is COc1cc(/C=C(\C#N)S(=O)(=O)c2cc(Br)ccc2Br)ccc1O. The van der Waals surface area contributed by atoms with Gasteiger partial charge in [-0.1, -0.05) is 22.0 Å². The maximum absolute atomic E-state index is 12.7. The molecule has 0 unspecified atom stereocenters. The van der Waals surface area contributed by atoms with Gasteiger partial charge in [-0.05, 0) is 57.9 Å². The molecule has 5 nitrogen and oxygen atoms in total. The molecule has 0 aromatic heterocycles. The van der Waals surface area contributed by atoms with Gasteiger partial charge in [0.25, 0.3) is 0 Å². The molecule has 2 aromatic rings. The largest absolute Gasteiger partial charge is 0.504 e. The highest BCUT2D eigenvalue weighted by Crippen LogP contribution is 2.32. The third-order valence-corrected chi connectivity index (χ3v) is 6.24. The van der Waals surface area contributed by atoms with Gasteiger partial charge in [-0.2, -0.15) is 5.26 Å². The summed E-state index contributed by atoms with van der Waals surface area (Å²) in [7, 11) is -2.63. The van der Waals surface area contributed by atoms with Crippen molar-refractivity contribution in [2.24, 2.45) is 0 Å². The lowest BCUT2D eigenvalue weighted by Gasteiger charge is -2.07. The van der Waals surface area contributed by atoms with Gasteiger partial charge < -0.3 is 9.84 Å². The molecule has 0 atom stereocenters. The van der Waals surface area contributed by atoms with Gasteiger partial charge in [-0.15, -0.1) is 0 Å². The minimum absolute atomic E-state index is 0.0181. The van der Waals surface area contributed by atoms with Crippen LogP contribution in [0.1, 0.15) is 5.56 Å². The third kappa shape index (κ3) is 3.80. The van der Waals surface area contributed by atoms with E-state index in [9.17, 15) is 18.8 Å². The molecule has 0 saturated heterocycles. The van der Waals surface area contributed by atoms with E-state index in [-0.39, 0.29) is 16.4 Å². The molecule has 2 rings (SSSR count). The minimum atomic E-state index is -4.01. The summed E-state index contributed by atoms with van der Waals surface area (Å²) in [5.74, 6) is 0.104. The second-order valence-electron chi connectivity index (χ2n) is 4.63. The normalized spacial score (nSPS) is 11.8. The minimum Gasteiger partial charge on any atom is -0.504 e. The summed E-state index contributed by atoms with van der Waals surface area (Å²) in [5.41, 5.74) is 0.413. The summed E-state index contributed by atoms with van der Waals surface area (Å²) in [6.07, 6.45) is 1.23. The first-order valence-electron chi connectivity index (χ1n) is 6.48. The number of nitrogens with zero attached hydrogens (tertiary/aromatic N) is 1. The predicted molar refractivity (Wildman–Crippen MR) is 97.3 cm³/mol. The van der Waals surface area contributed by atoms with Crippen LogP contribution >= 0.6 is 31.9 Å². The van der Waals surface area contributed by atoms with Crippen LogP contribution in [0.3, 0.4) is 0 Å². The van der Waals surface area contributed by atoms with Crippen LogP contribution in [0.15, 0.2) is 55.1 Å². The van der Waals surface area contributed by atoms with Gasteiger partial charge in [0.1, 0.15) is 11.0 Å². The number of halogens is 2. The molecule has 8 heteroatoms. The number of aromatic hydroxyl groups is 1. The Labute approximate surface area is 156 Å². The molecule has 0 heterocycles. The third-order valence-electron chi connectivity index (χ3n) is 3.08. The van der Waals surface area contributed by atoms with Crippen molar-refractivity contribution < 1.29 is 18.3 Å². The number of rotatable bonds is 4. The number of ether oxygens (including phenoxy) is 1. The molecular weight excluding hydrogens is 462 g/mol. The van der Waals surface area contributed by atoms with Crippen LogP contribution in [0, 0.1) is 11.3 Å². The lowest BCUT2D eigenvalue weighted by atomic mass is 10.2. The molecule has 0 bridgehead atoms. The summed E-state index contributed by atoms with van der Waals surface area (Å²) in [6, 6.07) is 10.7. The zero-order valence-corrected chi connectivity index (χ0v) is 16.3. The Balaban J connectivity index is 2.59. The summed E-state index contributed by atoms with van der Waals surface area (Å²) < 4.78 is 31.4. The van der Waals surface area contributed by atoms with Gasteiger partial charge in [0.05, 0.1) is 12.0 Å². The van der Waals surface area contributed by atoms with Crippen LogP contribution in [0.25, 0.3) is 6.08 Å². The van der Waals surface area contributed by atoms with Gasteiger partial charge in [-0.3, -0.25) is 0 Å². The van der Waals surface area contributed by atoms with E-state index in [2.05, 4.69) is 31.9 Å². The van der Waals surface area contributed by atoms with Gasteiger partial charge in [0.15, 0.2) is 11.5 Å². The quantitative estimate of drug-likeness (QED) is 0.671. The zero-order valence-electron chi connectivity index (χ0n) is 12.3. The average Bonchev–Trinajstić information content (AvgIpc) is 2.55. The molecule has 24 heavy (non-hydrogen) atoms. The van der Waals surface area contributed by atoms with Crippen molar-refractivity contribution in [2.75, 3.05) is 7.11 Å². The summed E-state index contributed by atoms with van der Waals surface area (Å²) >= 11 is 6.41. The Morgan fingerprint density at radius 3 is 2.58 bits per heavy atom. The number of phenolic OH excluding ortho intramolecular Hbond substituents is 1. The monoisotopic (exact) mass is 471 g/mol. The van der Waals surface area contributed by atoms with Crippen molar-refractivity contribution in [3.8, 4) is 17.6 Å². The van der Waals surface area contributed by atoms with E-state index in [4.69, 9.17) is 4.74 Å². The van der Waals surface area contributed by atoms with Crippen LogP contribution in [0.4, 0.5) is 0 Å². The second-order valence-corrected chi connectivity index (χ2v) is 8.29. The van der Waals surface area contributed by atoms with Gasteiger partial charge >= 0.3 is 0 Å². The van der Waals surface area contributed by atoms with Crippen LogP contribution in [0.5, 0.6) is 11.5 Å². The number of hydrogen-bond donors (Lipinski definition) is 1. The first-order chi connectivity index (χ1) is 11.3. The molecular formula is C16H11Br2NO4S. The highest BCUT2D eigenvalue weighted by Gasteiger charge is 2.24. The molecule has 2 aromatic carbocycles. The number of phenols is 1. The van der Waals surface area contributed by atoms with Gasteiger partial charge in [-0.25, -0.2) is 8.42 Å². The van der Waals surface area contributed by atoms with Gasteiger partial charge in [0.2, 0.25) is 9.84 Å². The molecule has 1 N–H and O–H groups in total. The molecule has 0 radical (unpaired) electrons. The topological polar surface area (TPSA) is 87.4 Å². The number of methoxy groups -OCH3 is 1. The summed E-state index contributed by atoms with van der Waals surface area (Å²) in [4.78, 5) is -0.440. The molecule has 0 saturated carbocycles. The molecule has 0 spiro atoms. The van der Waals surface area contributed by atoms with E-state index in [1.807, 2.05) is 0 Å². The van der Waals surface area contributed by atoms with Crippen LogP contribution in [-0.4, -0.2) is 20.6 Å². The number of nitriles is 1. The van der Waals surface area contributed by atoms with Crippen LogP contribution in [-0.2, 0) is 9.84 Å². The summed E-state index contributed by atoms with van der Waals surface area (Å²) in [6.45, 7) is 0. The fourth-order valence-corrected chi connectivity index (χ4v) is 4.56. The molecule has 0 aliphatic rings. The Bertz CT molecular complexity index is 963. The Kier molecular flexibility index (Phi) is 5.70. The smallest absolute Gasteiger partial charge is 0.217 e. The number of allylic oxidation sites excluding steroid dienone is 1. The van der Waals surface area contributed by atoms with E-state index in [1.54, 1.807) is 18.2 Å². The molecule has 124 valence electrons. The van der Waals surface area contributed by atoms with Crippen LogP contribution < -0.4 is 4.74 Å². The second kappa shape index (κ2) is 7.38. The van der Waals surface area contributed by atoms with Crippen molar-refractivity contribution in [3.63, 3.8) is 0 Å². The Morgan fingerprint density at radius 1 is 1.25 bits per heavy atom. The van der Waals surface area contributed by atoms with Crippen molar-refractivity contribution in [1.29, 1.82) is 5.26 Å². The standard InChI is InChI=1S/C16H11Br2NO4S/c1-23-15-7-10(2-5-14(15)20)6-12(9-19)24(21,22)16-8-11(17)3-4-13(16)18/h2-8,20H,1H3/b12-6+. The van der Waals surface area contributed by atoms with E-state index in [1.165, 1.54) is 37.5 Å². The molecule has 0 aliphatic heterocycles. The highest BCUT2D eigenvalue weighted by atomic mass is 79.9. The Morgan fingerprint density at radius 2 is 1.96 bits per heavy atom. The first-order valence-corrected chi connectivity index (χ1v) is 9.55. The predicted octanol–water partition coefficient (Wildman–Crippen LogP) is 4.26.